The number of carbonyl (C=O) groups excluding carboxylic acids is 1. The molecule has 2 aromatic carbocycles. The van der Waals surface area contributed by atoms with Crippen molar-refractivity contribution in [2.45, 2.75) is 32.8 Å². The third-order valence-electron chi connectivity index (χ3n) is 5.40. The lowest BCUT2D eigenvalue weighted by atomic mass is 10.1. The molecule has 0 aliphatic carbocycles. The van der Waals surface area contributed by atoms with Crippen molar-refractivity contribution in [2.24, 2.45) is 0 Å². The van der Waals surface area contributed by atoms with Crippen LogP contribution in [0, 0.1) is 13.8 Å². The van der Waals surface area contributed by atoms with E-state index in [2.05, 4.69) is 31.0 Å². The smallest absolute Gasteiger partial charge is 0.274 e. The molecule has 0 spiro atoms. The van der Waals surface area contributed by atoms with Crippen LogP contribution in [0.3, 0.4) is 0 Å². The molecule has 7 heteroatoms. The molecule has 0 atom stereocenters. The average Bonchev–Trinajstić information content (AvgIpc) is 3.20. The Kier molecular flexibility index (Phi) is 6.08. The molecule has 2 heterocycles. The van der Waals surface area contributed by atoms with E-state index in [1.54, 1.807) is 24.5 Å². The monoisotopic (exact) mass is 426 g/mol. The first-order chi connectivity index (χ1) is 14.5. The first-order valence-electron chi connectivity index (χ1n) is 10.1. The number of aromatic nitrogens is 1. The number of thiazole rings is 1. The summed E-state index contributed by atoms with van der Waals surface area (Å²) >= 11 is 1.60. The molecule has 1 aromatic heterocycles. The number of benzene rings is 2. The van der Waals surface area contributed by atoms with Gasteiger partial charge < -0.3 is 19.1 Å². The number of rotatable bonds is 6. The van der Waals surface area contributed by atoms with Crippen molar-refractivity contribution >= 4 is 27.5 Å². The fourth-order valence-electron chi connectivity index (χ4n) is 3.62. The minimum absolute atomic E-state index is 0.00230. The van der Waals surface area contributed by atoms with E-state index in [0.717, 1.165) is 23.9 Å². The van der Waals surface area contributed by atoms with E-state index in [4.69, 9.17) is 14.2 Å². The Bertz CT molecular complexity index is 1000. The van der Waals surface area contributed by atoms with E-state index in [1.165, 1.54) is 10.3 Å². The second kappa shape index (κ2) is 8.92. The molecule has 1 aliphatic rings. The highest BCUT2D eigenvalue weighted by atomic mass is 32.1. The highest BCUT2D eigenvalue weighted by Crippen LogP contribution is 2.33. The van der Waals surface area contributed by atoms with Gasteiger partial charge in [-0.05, 0) is 37.1 Å². The highest BCUT2D eigenvalue weighted by molar-refractivity contribution is 7.20. The van der Waals surface area contributed by atoms with Gasteiger partial charge in [0, 0.05) is 25.9 Å². The zero-order valence-electron chi connectivity index (χ0n) is 17.5. The normalized spacial score (nSPS) is 14.7. The van der Waals surface area contributed by atoms with E-state index in [0.29, 0.717) is 29.8 Å². The van der Waals surface area contributed by atoms with Gasteiger partial charge in [0.15, 0.2) is 18.1 Å². The van der Waals surface area contributed by atoms with Gasteiger partial charge in [0.05, 0.1) is 17.3 Å². The molecule has 158 valence electrons. The third-order valence-corrected chi connectivity index (χ3v) is 6.49. The Morgan fingerprint density at radius 2 is 1.80 bits per heavy atom. The molecule has 4 rings (SSSR count). The number of likely N-dealkylation sites (tertiary alicyclic amines) is 1. The zero-order chi connectivity index (χ0) is 21.1. The molecular formula is C23H26N2O4S. The van der Waals surface area contributed by atoms with E-state index in [-0.39, 0.29) is 18.6 Å². The number of piperidine rings is 1. The predicted molar refractivity (Wildman–Crippen MR) is 118 cm³/mol. The Morgan fingerprint density at radius 1 is 1.10 bits per heavy atom. The molecular weight excluding hydrogens is 400 g/mol. The molecule has 0 saturated carbocycles. The van der Waals surface area contributed by atoms with Crippen molar-refractivity contribution in [3.63, 3.8) is 0 Å². The van der Waals surface area contributed by atoms with Crippen LogP contribution in [0.15, 0.2) is 36.4 Å². The zero-order valence-corrected chi connectivity index (χ0v) is 18.3. The van der Waals surface area contributed by atoms with Crippen LogP contribution >= 0.6 is 11.3 Å². The fraction of sp³-hybridized carbons (Fsp3) is 0.391. The number of carbonyl (C=O) groups is 1. The quantitative estimate of drug-likeness (QED) is 0.586. The largest absolute Gasteiger partial charge is 0.493 e. The molecule has 6 nitrogen and oxygen atoms in total. The van der Waals surface area contributed by atoms with Crippen LogP contribution in [-0.4, -0.2) is 48.7 Å². The van der Waals surface area contributed by atoms with E-state index < -0.39 is 0 Å². The molecule has 1 fully saturated rings. The average molecular weight is 427 g/mol. The van der Waals surface area contributed by atoms with Gasteiger partial charge >= 0.3 is 0 Å². The van der Waals surface area contributed by atoms with Gasteiger partial charge in [-0.3, -0.25) is 4.79 Å². The topological polar surface area (TPSA) is 60.9 Å². The molecule has 0 radical (unpaired) electrons. The standard InChI is InChI=1S/C23H26N2O4S/c1-15-8-9-16(2)22-21(15)24-23(30-22)29-17-10-12-25(13-11-17)20(26)14-28-19-7-5-4-6-18(19)27-3/h4-9,17H,10-14H2,1-3H3. The van der Waals surface area contributed by atoms with Crippen molar-refractivity contribution < 1.29 is 19.0 Å². The number of ether oxygens (including phenoxy) is 3. The summed E-state index contributed by atoms with van der Waals surface area (Å²) in [6.07, 6.45) is 1.65. The van der Waals surface area contributed by atoms with E-state index >= 15 is 0 Å². The summed E-state index contributed by atoms with van der Waals surface area (Å²) in [4.78, 5) is 19.1. The van der Waals surface area contributed by atoms with Crippen molar-refractivity contribution in [1.29, 1.82) is 0 Å². The Hall–Kier alpha value is -2.80. The summed E-state index contributed by atoms with van der Waals surface area (Å²) in [5.74, 6) is 1.18. The van der Waals surface area contributed by atoms with Crippen LogP contribution in [0.1, 0.15) is 24.0 Å². The van der Waals surface area contributed by atoms with Crippen LogP contribution in [0.2, 0.25) is 0 Å². The number of fused-ring (bicyclic) bond motifs is 1. The maximum absolute atomic E-state index is 12.5. The second-order valence-electron chi connectivity index (χ2n) is 7.49. The molecule has 0 bridgehead atoms. The summed E-state index contributed by atoms with van der Waals surface area (Å²) < 4.78 is 18.3. The van der Waals surface area contributed by atoms with Crippen LogP contribution < -0.4 is 14.2 Å². The van der Waals surface area contributed by atoms with Crippen LogP contribution in [0.4, 0.5) is 0 Å². The molecule has 1 amide bonds. The third kappa shape index (κ3) is 4.36. The van der Waals surface area contributed by atoms with Gasteiger partial charge in [-0.1, -0.05) is 35.6 Å². The van der Waals surface area contributed by atoms with Crippen LogP contribution in [-0.2, 0) is 4.79 Å². The minimum atomic E-state index is -0.0226. The van der Waals surface area contributed by atoms with E-state index in [1.807, 2.05) is 23.1 Å². The molecule has 3 aromatic rings. The molecule has 1 aliphatic heterocycles. The second-order valence-corrected chi connectivity index (χ2v) is 8.46. The summed E-state index contributed by atoms with van der Waals surface area (Å²) in [5, 5.41) is 0.715. The first kappa shape index (κ1) is 20.5. The Labute approximate surface area is 180 Å². The fourth-order valence-corrected chi connectivity index (χ4v) is 4.65. The van der Waals surface area contributed by atoms with Crippen molar-refractivity contribution in [1.82, 2.24) is 9.88 Å². The van der Waals surface area contributed by atoms with Crippen LogP contribution in [0.25, 0.3) is 10.2 Å². The van der Waals surface area contributed by atoms with Gasteiger partial charge in [-0.2, -0.15) is 0 Å². The number of nitrogens with zero attached hydrogens (tertiary/aromatic N) is 2. The van der Waals surface area contributed by atoms with Crippen molar-refractivity contribution in [3.05, 3.63) is 47.5 Å². The molecule has 0 unspecified atom stereocenters. The summed E-state index contributed by atoms with van der Waals surface area (Å²) in [6, 6.07) is 11.6. The van der Waals surface area contributed by atoms with Gasteiger partial charge in [0.1, 0.15) is 6.10 Å². The maximum Gasteiger partial charge on any atom is 0.274 e. The molecule has 0 N–H and O–H groups in total. The van der Waals surface area contributed by atoms with Gasteiger partial charge in [0.25, 0.3) is 11.1 Å². The number of hydrogen-bond acceptors (Lipinski definition) is 6. The van der Waals surface area contributed by atoms with Gasteiger partial charge in [-0.25, -0.2) is 4.98 Å². The Morgan fingerprint density at radius 3 is 2.50 bits per heavy atom. The number of methoxy groups -OCH3 is 1. The number of aryl methyl sites for hydroxylation is 2. The van der Waals surface area contributed by atoms with Gasteiger partial charge in [-0.15, -0.1) is 0 Å². The number of hydrogen-bond donors (Lipinski definition) is 0. The summed E-state index contributed by atoms with van der Waals surface area (Å²) in [5.41, 5.74) is 3.41. The predicted octanol–water partition coefficient (Wildman–Crippen LogP) is 4.37. The van der Waals surface area contributed by atoms with Crippen LogP contribution in [0.5, 0.6) is 16.7 Å². The summed E-state index contributed by atoms with van der Waals surface area (Å²) in [7, 11) is 1.59. The summed E-state index contributed by atoms with van der Waals surface area (Å²) in [6.45, 7) is 5.48. The van der Waals surface area contributed by atoms with Gasteiger partial charge in [0.2, 0.25) is 0 Å². The van der Waals surface area contributed by atoms with Crippen molar-refractivity contribution in [2.75, 3.05) is 26.8 Å². The lowest BCUT2D eigenvalue weighted by Crippen LogP contribution is -2.43. The number of para-hydroxylation sites is 2. The minimum Gasteiger partial charge on any atom is -0.493 e. The lowest BCUT2D eigenvalue weighted by molar-refractivity contribution is -0.135. The maximum atomic E-state index is 12.5. The molecule has 30 heavy (non-hydrogen) atoms. The Balaban J connectivity index is 1.30. The first-order valence-corrected chi connectivity index (χ1v) is 10.9. The number of amides is 1. The molecule has 1 saturated heterocycles. The van der Waals surface area contributed by atoms with Crippen molar-refractivity contribution in [3.8, 4) is 16.7 Å². The lowest BCUT2D eigenvalue weighted by Gasteiger charge is -2.31. The highest BCUT2D eigenvalue weighted by Gasteiger charge is 2.25. The SMILES string of the molecule is COc1ccccc1OCC(=O)N1CCC(Oc2nc3c(C)ccc(C)c3s2)CC1. The van der Waals surface area contributed by atoms with E-state index in [9.17, 15) is 4.79 Å².